The third-order valence-electron chi connectivity index (χ3n) is 8.54. The lowest BCUT2D eigenvalue weighted by molar-refractivity contribution is -0.150. The van der Waals surface area contributed by atoms with Gasteiger partial charge in [-0.15, -0.1) is 0 Å². The van der Waals surface area contributed by atoms with Crippen molar-refractivity contribution in [1.29, 1.82) is 0 Å². The Morgan fingerprint density at radius 3 is 1.75 bits per heavy atom. The summed E-state index contributed by atoms with van der Waals surface area (Å²) in [6.45, 7) is 9.84. The topological polar surface area (TPSA) is 175 Å². The van der Waals surface area contributed by atoms with Crippen LogP contribution in [0.2, 0.25) is 0 Å². The van der Waals surface area contributed by atoms with Crippen LogP contribution in [0.5, 0.6) is 0 Å². The van der Waals surface area contributed by atoms with Crippen LogP contribution in [-0.4, -0.2) is 62.1 Å². The Balaban J connectivity index is 4.52. The number of hydrogen-bond acceptors (Lipinski definition) is 7. The zero-order valence-electron chi connectivity index (χ0n) is 31.0. The van der Waals surface area contributed by atoms with Gasteiger partial charge in [0.1, 0.15) is 6.04 Å². The standard InChI is InChI=1S/C37H71N5O6/c1-5-9-12-15-23-31(21-11-7-3)36(46)47-28-18-13-16-24-33(43)42-32(25-27-41-37(38)39)34(44)40-26-17-19-29-48-35(45)30(20-8-4)22-14-10-6-2/h30-32H,5-29H2,1-4H3,(H,40,44)(H,42,43)(H4,38,39,41). The van der Waals surface area contributed by atoms with Crippen molar-refractivity contribution in [2.45, 2.75) is 169 Å². The van der Waals surface area contributed by atoms with Gasteiger partial charge in [0.2, 0.25) is 11.8 Å². The minimum Gasteiger partial charge on any atom is -0.465 e. The number of carbonyl (C=O) groups is 4. The number of carbonyl (C=O) groups excluding carboxylic acids is 4. The molecule has 0 bridgehead atoms. The van der Waals surface area contributed by atoms with Crippen molar-refractivity contribution < 1.29 is 28.7 Å². The van der Waals surface area contributed by atoms with Crippen LogP contribution in [0, 0.1) is 11.8 Å². The molecular weight excluding hydrogens is 610 g/mol. The first-order chi connectivity index (χ1) is 23.2. The van der Waals surface area contributed by atoms with Gasteiger partial charge in [-0.25, -0.2) is 0 Å². The van der Waals surface area contributed by atoms with Crippen LogP contribution in [0.25, 0.3) is 0 Å². The molecule has 0 aliphatic rings. The summed E-state index contributed by atoms with van der Waals surface area (Å²) in [7, 11) is 0. The Morgan fingerprint density at radius 1 is 0.604 bits per heavy atom. The fourth-order valence-electron chi connectivity index (χ4n) is 5.58. The van der Waals surface area contributed by atoms with Gasteiger partial charge in [-0.05, 0) is 64.2 Å². The normalized spacial score (nSPS) is 12.8. The molecule has 2 amide bonds. The largest absolute Gasteiger partial charge is 0.465 e. The first-order valence-electron chi connectivity index (χ1n) is 19.2. The number of guanidine groups is 1. The van der Waals surface area contributed by atoms with Crippen LogP contribution >= 0.6 is 0 Å². The van der Waals surface area contributed by atoms with E-state index in [2.05, 4.69) is 43.3 Å². The molecule has 0 aromatic carbocycles. The first kappa shape index (κ1) is 45.2. The molecule has 0 aromatic rings. The average molecular weight is 682 g/mol. The van der Waals surface area contributed by atoms with Crippen molar-refractivity contribution in [1.82, 2.24) is 10.6 Å². The predicted molar refractivity (Wildman–Crippen MR) is 194 cm³/mol. The van der Waals surface area contributed by atoms with Crippen molar-refractivity contribution in [2.24, 2.45) is 28.3 Å². The van der Waals surface area contributed by atoms with Crippen molar-refractivity contribution in [3.8, 4) is 0 Å². The molecule has 0 fully saturated rings. The van der Waals surface area contributed by atoms with Crippen LogP contribution < -0.4 is 22.1 Å². The van der Waals surface area contributed by atoms with Crippen molar-refractivity contribution in [2.75, 3.05) is 26.3 Å². The second-order valence-corrected chi connectivity index (χ2v) is 13.0. The summed E-state index contributed by atoms with van der Waals surface area (Å²) in [6, 6.07) is -0.769. The Hall–Kier alpha value is -2.85. The number of unbranched alkanes of at least 4 members (excludes halogenated alkanes) is 9. The van der Waals surface area contributed by atoms with Crippen LogP contribution in [0.3, 0.4) is 0 Å². The van der Waals surface area contributed by atoms with E-state index in [1.807, 2.05) is 0 Å². The van der Waals surface area contributed by atoms with E-state index in [4.69, 9.17) is 20.9 Å². The molecule has 0 radical (unpaired) electrons. The van der Waals surface area contributed by atoms with Gasteiger partial charge in [0, 0.05) is 19.5 Å². The zero-order valence-corrected chi connectivity index (χ0v) is 31.0. The number of nitrogens with two attached hydrogens (primary N) is 2. The van der Waals surface area contributed by atoms with Gasteiger partial charge in [-0.1, -0.05) is 91.9 Å². The maximum Gasteiger partial charge on any atom is 0.308 e. The van der Waals surface area contributed by atoms with Crippen molar-refractivity contribution in [3.63, 3.8) is 0 Å². The highest BCUT2D eigenvalue weighted by molar-refractivity contribution is 5.87. The van der Waals surface area contributed by atoms with E-state index in [9.17, 15) is 19.2 Å². The molecule has 0 aliphatic heterocycles. The van der Waals surface area contributed by atoms with Gasteiger partial charge in [-0.2, -0.15) is 0 Å². The molecule has 0 saturated carbocycles. The maximum atomic E-state index is 12.9. The molecule has 0 spiro atoms. The Bertz CT molecular complexity index is 880. The molecule has 280 valence electrons. The SMILES string of the molecule is CCCCCCC(CCCC)C(=O)OCCCCCC(=O)NC(CCN=C(N)N)C(=O)NCCCCOC(=O)C(CCC)CCCCC. The second-order valence-electron chi connectivity index (χ2n) is 13.0. The lowest BCUT2D eigenvalue weighted by Crippen LogP contribution is -2.47. The zero-order chi connectivity index (χ0) is 35.8. The molecule has 0 aliphatic carbocycles. The van der Waals surface area contributed by atoms with Gasteiger partial charge < -0.3 is 31.6 Å². The van der Waals surface area contributed by atoms with E-state index in [-0.39, 0.29) is 60.9 Å². The fraction of sp³-hybridized carbons (Fsp3) is 0.865. The summed E-state index contributed by atoms with van der Waals surface area (Å²) < 4.78 is 11.1. The summed E-state index contributed by atoms with van der Waals surface area (Å²) in [5.74, 6) is -0.866. The van der Waals surface area contributed by atoms with Crippen LogP contribution in [0.15, 0.2) is 4.99 Å². The van der Waals surface area contributed by atoms with Crippen molar-refractivity contribution in [3.05, 3.63) is 0 Å². The summed E-state index contributed by atoms with van der Waals surface area (Å²) in [5, 5.41) is 5.69. The van der Waals surface area contributed by atoms with E-state index in [1.54, 1.807) is 0 Å². The van der Waals surface area contributed by atoms with Gasteiger partial charge in [0.25, 0.3) is 0 Å². The first-order valence-corrected chi connectivity index (χ1v) is 19.2. The quantitative estimate of drug-likeness (QED) is 0.0271. The van der Waals surface area contributed by atoms with E-state index in [0.29, 0.717) is 45.4 Å². The lowest BCUT2D eigenvalue weighted by Gasteiger charge is -2.18. The van der Waals surface area contributed by atoms with E-state index in [0.717, 1.165) is 83.5 Å². The number of ether oxygens (including phenoxy) is 2. The summed E-state index contributed by atoms with van der Waals surface area (Å²) in [4.78, 5) is 54.7. The molecule has 11 nitrogen and oxygen atoms in total. The van der Waals surface area contributed by atoms with Gasteiger partial charge in [-0.3, -0.25) is 24.2 Å². The Labute approximate surface area is 291 Å². The number of hydrogen-bond donors (Lipinski definition) is 4. The Morgan fingerprint density at radius 2 is 1.15 bits per heavy atom. The average Bonchev–Trinajstić information content (AvgIpc) is 3.06. The van der Waals surface area contributed by atoms with Crippen LogP contribution in [-0.2, 0) is 28.7 Å². The number of aliphatic imine (C=N–C) groups is 1. The van der Waals surface area contributed by atoms with Crippen LogP contribution in [0.4, 0.5) is 0 Å². The van der Waals surface area contributed by atoms with Gasteiger partial charge in [0.15, 0.2) is 5.96 Å². The number of amides is 2. The molecule has 3 unspecified atom stereocenters. The molecule has 0 rings (SSSR count). The minimum atomic E-state index is -0.769. The second kappa shape index (κ2) is 31.4. The Kier molecular flexibility index (Phi) is 29.6. The number of rotatable bonds is 32. The molecular formula is C37H71N5O6. The molecule has 0 saturated heterocycles. The molecule has 48 heavy (non-hydrogen) atoms. The van der Waals surface area contributed by atoms with Gasteiger partial charge in [0.05, 0.1) is 25.0 Å². The van der Waals surface area contributed by atoms with E-state index in [1.165, 1.54) is 12.8 Å². The maximum absolute atomic E-state index is 12.9. The lowest BCUT2D eigenvalue weighted by atomic mass is 9.95. The molecule has 0 heterocycles. The number of nitrogens with zero attached hydrogens (tertiary/aromatic N) is 1. The van der Waals surface area contributed by atoms with E-state index >= 15 is 0 Å². The monoisotopic (exact) mass is 682 g/mol. The third kappa shape index (κ3) is 25.2. The number of nitrogens with one attached hydrogen (secondary N) is 2. The molecule has 6 N–H and O–H groups in total. The van der Waals surface area contributed by atoms with Crippen LogP contribution in [0.1, 0.15) is 163 Å². The summed E-state index contributed by atoms with van der Waals surface area (Å²) in [5.41, 5.74) is 10.9. The predicted octanol–water partition coefficient (Wildman–Crippen LogP) is 6.45. The van der Waals surface area contributed by atoms with Crippen molar-refractivity contribution >= 4 is 29.7 Å². The highest BCUT2D eigenvalue weighted by Crippen LogP contribution is 2.20. The summed E-state index contributed by atoms with van der Waals surface area (Å²) >= 11 is 0. The third-order valence-corrected chi connectivity index (χ3v) is 8.54. The minimum absolute atomic E-state index is 0.0180. The smallest absolute Gasteiger partial charge is 0.308 e. The van der Waals surface area contributed by atoms with Gasteiger partial charge >= 0.3 is 11.9 Å². The molecule has 3 atom stereocenters. The van der Waals surface area contributed by atoms with E-state index < -0.39 is 6.04 Å². The molecule has 0 aromatic heterocycles. The fourth-order valence-corrected chi connectivity index (χ4v) is 5.58. The number of esters is 2. The highest BCUT2D eigenvalue weighted by atomic mass is 16.5. The highest BCUT2D eigenvalue weighted by Gasteiger charge is 2.22. The molecule has 11 heteroatoms. The summed E-state index contributed by atoms with van der Waals surface area (Å²) in [6.07, 6.45) is 18.3.